The highest BCUT2D eigenvalue weighted by Gasteiger charge is 2.19. The fourth-order valence-corrected chi connectivity index (χ4v) is 4.30. The van der Waals surface area contributed by atoms with Gasteiger partial charge in [0.25, 0.3) is 0 Å². The van der Waals surface area contributed by atoms with Gasteiger partial charge >= 0.3 is 0 Å². The van der Waals surface area contributed by atoms with Gasteiger partial charge in [-0.3, -0.25) is 9.78 Å². The molecule has 0 N–H and O–H groups in total. The Bertz CT molecular complexity index is 1230. The third-order valence-corrected chi connectivity index (χ3v) is 6.60. The third-order valence-electron chi connectivity index (χ3n) is 6.25. The van der Waals surface area contributed by atoms with Crippen molar-refractivity contribution < 1.29 is 14.3 Å². The summed E-state index contributed by atoms with van der Waals surface area (Å²) in [6.07, 6.45) is 4.66. The van der Waals surface area contributed by atoms with Crippen molar-refractivity contribution in [1.82, 2.24) is 9.88 Å². The number of rotatable bonds is 8. The van der Waals surface area contributed by atoms with Crippen LogP contribution in [-0.2, 0) is 11.2 Å². The molecule has 1 aromatic heterocycles. The zero-order valence-electron chi connectivity index (χ0n) is 19.5. The molecule has 4 rings (SSSR count). The van der Waals surface area contributed by atoms with Gasteiger partial charge in [-0.05, 0) is 74.8 Å². The van der Waals surface area contributed by atoms with E-state index in [9.17, 15) is 4.79 Å². The van der Waals surface area contributed by atoms with Crippen LogP contribution in [0.25, 0.3) is 15.7 Å². The van der Waals surface area contributed by atoms with E-state index in [1.165, 1.54) is 0 Å². The normalized spacial score (nSPS) is 14.6. The number of Topliss-reactive ketones (excluding diaryl/α,β-unsaturated/α-hetero) is 1. The van der Waals surface area contributed by atoms with E-state index in [-0.39, 0.29) is 5.78 Å². The Labute approximate surface area is 205 Å². The summed E-state index contributed by atoms with van der Waals surface area (Å²) < 4.78 is 12.2. The first-order valence-corrected chi connectivity index (χ1v) is 11.9. The number of hydrogen-bond donors (Lipinski definition) is 0. The van der Waals surface area contributed by atoms with Crippen molar-refractivity contribution in [2.75, 3.05) is 26.7 Å². The summed E-state index contributed by atoms with van der Waals surface area (Å²) in [5.41, 5.74) is 1.91. The number of likely N-dealkylation sites (tertiary alicyclic amines) is 1. The summed E-state index contributed by atoms with van der Waals surface area (Å²) in [6.45, 7) is 12.2. The highest BCUT2D eigenvalue weighted by atomic mass is 35.5. The van der Waals surface area contributed by atoms with Crippen molar-refractivity contribution in [3.05, 3.63) is 64.6 Å². The molecule has 0 atom stereocenters. The van der Waals surface area contributed by atoms with Crippen LogP contribution in [-0.4, -0.2) is 42.4 Å². The Balaban J connectivity index is 1.54. The molecule has 34 heavy (non-hydrogen) atoms. The Morgan fingerprint density at radius 2 is 2.00 bits per heavy atom. The van der Waals surface area contributed by atoms with E-state index in [0.717, 1.165) is 36.9 Å². The number of ether oxygens (including phenoxy) is 2. The SMILES string of the molecule is [C-]#[N+]c1cc2c(Oc3ccc(CC(=O)CC)c(Cl)c3)ccnc2cc1OCC1CCN(C)CC1. The molecule has 176 valence electrons. The first kappa shape index (κ1) is 24.0. The number of halogens is 1. The molecule has 1 saturated heterocycles. The molecular formula is C27H28ClN3O3. The van der Waals surface area contributed by atoms with Gasteiger partial charge in [0, 0.05) is 29.4 Å². The molecule has 0 amide bonds. The molecule has 1 aliphatic rings. The van der Waals surface area contributed by atoms with E-state index in [1.54, 1.807) is 30.5 Å². The quantitative estimate of drug-likeness (QED) is 0.348. The van der Waals surface area contributed by atoms with Crippen LogP contribution >= 0.6 is 11.6 Å². The molecular weight excluding hydrogens is 450 g/mol. The number of benzene rings is 2. The molecule has 1 aliphatic heterocycles. The summed E-state index contributed by atoms with van der Waals surface area (Å²) in [7, 11) is 2.14. The van der Waals surface area contributed by atoms with Crippen molar-refractivity contribution >= 4 is 34.0 Å². The number of fused-ring (bicyclic) bond motifs is 1. The van der Waals surface area contributed by atoms with Crippen molar-refractivity contribution in [2.24, 2.45) is 5.92 Å². The molecule has 0 spiro atoms. The Kier molecular flexibility index (Phi) is 7.66. The zero-order chi connectivity index (χ0) is 24.1. The molecule has 0 radical (unpaired) electrons. The molecule has 7 heteroatoms. The van der Waals surface area contributed by atoms with Gasteiger partial charge in [-0.1, -0.05) is 24.6 Å². The summed E-state index contributed by atoms with van der Waals surface area (Å²) in [6, 6.07) is 10.7. The van der Waals surface area contributed by atoms with Gasteiger partial charge in [0.1, 0.15) is 23.0 Å². The van der Waals surface area contributed by atoms with E-state index in [1.807, 2.05) is 19.1 Å². The van der Waals surface area contributed by atoms with Crippen molar-refractivity contribution in [3.63, 3.8) is 0 Å². The lowest BCUT2D eigenvalue weighted by molar-refractivity contribution is -0.118. The average Bonchev–Trinajstić information content (AvgIpc) is 2.85. The number of nitrogens with zero attached hydrogens (tertiary/aromatic N) is 3. The minimum absolute atomic E-state index is 0.135. The van der Waals surface area contributed by atoms with E-state index >= 15 is 0 Å². The summed E-state index contributed by atoms with van der Waals surface area (Å²) >= 11 is 6.39. The van der Waals surface area contributed by atoms with Crippen LogP contribution in [0.3, 0.4) is 0 Å². The fraction of sp³-hybridized carbons (Fsp3) is 0.370. The molecule has 0 aliphatic carbocycles. The third kappa shape index (κ3) is 5.67. The second-order valence-corrected chi connectivity index (χ2v) is 9.15. The molecule has 2 aromatic carbocycles. The smallest absolute Gasteiger partial charge is 0.229 e. The monoisotopic (exact) mass is 477 g/mol. The largest absolute Gasteiger partial charge is 0.504 e. The first-order valence-electron chi connectivity index (χ1n) is 11.6. The fourth-order valence-electron chi connectivity index (χ4n) is 4.06. The van der Waals surface area contributed by atoms with E-state index in [4.69, 9.17) is 27.6 Å². The van der Waals surface area contributed by atoms with Gasteiger partial charge in [-0.2, -0.15) is 0 Å². The van der Waals surface area contributed by atoms with Crippen LogP contribution < -0.4 is 9.47 Å². The van der Waals surface area contributed by atoms with E-state index < -0.39 is 0 Å². The first-order chi connectivity index (χ1) is 16.5. The summed E-state index contributed by atoms with van der Waals surface area (Å²) in [5.74, 6) is 2.31. The minimum Gasteiger partial charge on any atom is -0.504 e. The lowest BCUT2D eigenvalue weighted by Crippen LogP contribution is -2.32. The van der Waals surface area contributed by atoms with Crippen LogP contribution in [0.5, 0.6) is 17.2 Å². The Hall–Kier alpha value is -3.14. The summed E-state index contributed by atoms with van der Waals surface area (Å²) in [5, 5.41) is 1.21. The number of hydrogen-bond acceptors (Lipinski definition) is 5. The van der Waals surface area contributed by atoms with Gasteiger partial charge < -0.3 is 14.4 Å². The number of carbonyl (C=O) groups excluding carboxylic acids is 1. The highest BCUT2D eigenvalue weighted by Crippen LogP contribution is 2.38. The van der Waals surface area contributed by atoms with Crippen LogP contribution in [0.2, 0.25) is 5.02 Å². The van der Waals surface area contributed by atoms with Crippen LogP contribution in [0.15, 0.2) is 42.6 Å². The maximum absolute atomic E-state index is 11.8. The molecule has 0 saturated carbocycles. The maximum atomic E-state index is 11.8. The van der Waals surface area contributed by atoms with Gasteiger partial charge in [0.05, 0.1) is 18.7 Å². The van der Waals surface area contributed by atoms with E-state index in [2.05, 4.69) is 21.8 Å². The van der Waals surface area contributed by atoms with Gasteiger partial charge in [0.2, 0.25) is 5.69 Å². The number of piperidine rings is 1. The molecule has 3 aromatic rings. The highest BCUT2D eigenvalue weighted by molar-refractivity contribution is 6.31. The predicted molar refractivity (Wildman–Crippen MR) is 134 cm³/mol. The average molecular weight is 478 g/mol. The summed E-state index contributed by atoms with van der Waals surface area (Å²) in [4.78, 5) is 22.2. The van der Waals surface area contributed by atoms with Gasteiger partial charge in [0.15, 0.2) is 0 Å². The van der Waals surface area contributed by atoms with Crippen LogP contribution in [0, 0.1) is 12.5 Å². The lowest BCUT2D eigenvalue weighted by atomic mass is 9.98. The van der Waals surface area contributed by atoms with E-state index in [0.29, 0.717) is 58.8 Å². The molecule has 6 nitrogen and oxygen atoms in total. The topological polar surface area (TPSA) is 56.0 Å². The van der Waals surface area contributed by atoms with Crippen LogP contribution in [0.4, 0.5) is 5.69 Å². The number of pyridine rings is 1. The van der Waals surface area contributed by atoms with Crippen molar-refractivity contribution in [1.29, 1.82) is 0 Å². The van der Waals surface area contributed by atoms with Gasteiger partial charge in [-0.15, -0.1) is 0 Å². The van der Waals surface area contributed by atoms with Crippen LogP contribution in [0.1, 0.15) is 31.7 Å². The standard InChI is InChI=1S/C27H28ClN3O3/c1-4-20(32)13-19-5-6-21(14-23(19)28)34-26-7-10-30-24-16-27(25(29-2)15-22(24)26)33-17-18-8-11-31(3)12-9-18/h5-7,10,14-16,18H,4,8-9,11-13,17H2,1,3H3. The van der Waals surface area contributed by atoms with Gasteiger partial charge in [-0.25, -0.2) is 4.85 Å². The molecule has 0 unspecified atom stereocenters. The van der Waals surface area contributed by atoms with Crippen molar-refractivity contribution in [3.8, 4) is 17.2 Å². The number of aromatic nitrogens is 1. The number of carbonyl (C=O) groups is 1. The van der Waals surface area contributed by atoms with Crippen molar-refractivity contribution in [2.45, 2.75) is 32.6 Å². The Morgan fingerprint density at radius 1 is 1.21 bits per heavy atom. The Morgan fingerprint density at radius 3 is 2.71 bits per heavy atom. The zero-order valence-corrected chi connectivity index (χ0v) is 20.3. The molecule has 2 heterocycles. The number of ketones is 1. The second-order valence-electron chi connectivity index (χ2n) is 8.74. The molecule has 1 fully saturated rings. The lowest BCUT2D eigenvalue weighted by Gasteiger charge is -2.28. The second kappa shape index (κ2) is 10.9. The maximum Gasteiger partial charge on any atom is 0.229 e. The minimum atomic E-state index is 0.135. The molecule has 0 bridgehead atoms. The predicted octanol–water partition coefficient (Wildman–Crippen LogP) is 6.47.